The van der Waals surface area contributed by atoms with Gasteiger partial charge in [0, 0.05) is 24.0 Å². The van der Waals surface area contributed by atoms with E-state index in [1.807, 2.05) is 48.1 Å². The summed E-state index contributed by atoms with van der Waals surface area (Å²) < 4.78 is 7.65. The number of para-hydroxylation sites is 1. The molecule has 0 fully saturated rings. The molecule has 108 valence electrons. The van der Waals surface area contributed by atoms with Crippen LogP contribution in [0.1, 0.15) is 11.3 Å². The summed E-state index contributed by atoms with van der Waals surface area (Å²) in [6, 6.07) is 13.6. The fourth-order valence-corrected chi connectivity index (χ4v) is 2.58. The lowest BCUT2D eigenvalue weighted by Gasteiger charge is -2.07. The highest BCUT2D eigenvalue weighted by Crippen LogP contribution is 2.24. The summed E-state index contributed by atoms with van der Waals surface area (Å²) in [5.41, 5.74) is 8.50. The Labute approximate surface area is 128 Å². The van der Waals surface area contributed by atoms with E-state index in [9.17, 15) is 0 Å². The first kappa shape index (κ1) is 13.9. The van der Waals surface area contributed by atoms with Crippen LogP contribution in [0.5, 0.6) is 5.75 Å². The number of halogens is 1. The highest BCUT2D eigenvalue weighted by Gasteiger charge is 2.09. The minimum absolute atomic E-state index is 0.402. The molecule has 0 saturated carbocycles. The standard InChI is InChI=1S/C16H16ClN3O/c1-20-16-5-3-2-4-13(16)15(19-20)10-21-12-7-6-11(9-18)14(17)8-12/h2-8H,9-10,18H2,1H3. The van der Waals surface area contributed by atoms with Crippen molar-refractivity contribution in [2.75, 3.05) is 0 Å². The summed E-state index contributed by atoms with van der Waals surface area (Å²) in [5, 5.41) is 6.23. The molecule has 0 amide bonds. The first-order chi connectivity index (χ1) is 10.2. The van der Waals surface area contributed by atoms with Gasteiger partial charge in [0.2, 0.25) is 0 Å². The van der Waals surface area contributed by atoms with Gasteiger partial charge in [-0.3, -0.25) is 4.68 Å². The van der Waals surface area contributed by atoms with Crippen molar-refractivity contribution in [3.05, 3.63) is 58.7 Å². The summed E-state index contributed by atoms with van der Waals surface area (Å²) in [7, 11) is 1.93. The van der Waals surface area contributed by atoms with Gasteiger partial charge in [0.15, 0.2) is 0 Å². The molecule has 0 saturated heterocycles. The van der Waals surface area contributed by atoms with E-state index in [2.05, 4.69) is 5.10 Å². The second-order valence-corrected chi connectivity index (χ2v) is 5.24. The Morgan fingerprint density at radius 3 is 2.81 bits per heavy atom. The molecule has 21 heavy (non-hydrogen) atoms. The SMILES string of the molecule is Cn1nc(COc2ccc(CN)c(Cl)c2)c2ccccc21. The highest BCUT2D eigenvalue weighted by molar-refractivity contribution is 6.31. The van der Waals surface area contributed by atoms with Gasteiger partial charge < -0.3 is 10.5 Å². The number of rotatable bonds is 4. The molecule has 0 aliphatic carbocycles. The largest absolute Gasteiger partial charge is 0.487 e. The molecule has 0 spiro atoms. The van der Waals surface area contributed by atoms with Gasteiger partial charge in [0.1, 0.15) is 18.1 Å². The maximum atomic E-state index is 6.13. The van der Waals surface area contributed by atoms with Gasteiger partial charge in [-0.25, -0.2) is 0 Å². The van der Waals surface area contributed by atoms with Crippen molar-refractivity contribution in [2.24, 2.45) is 12.8 Å². The first-order valence-electron chi connectivity index (χ1n) is 6.71. The van der Waals surface area contributed by atoms with Crippen LogP contribution in [-0.4, -0.2) is 9.78 Å². The Morgan fingerprint density at radius 1 is 1.24 bits per heavy atom. The van der Waals surface area contributed by atoms with Crippen LogP contribution in [0.25, 0.3) is 10.9 Å². The van der Waals surface area contributed by atoms with Crippen LogP contribution in [0.3, 0.4) is 0 Å². The van der Waals surface area contributed by atoms with Crippen molar-refractivity contribution < 1.29 is 4.74 Å². The number of benzene rings is 2. The van der Waals surface area contributed by atoms with E-state index in [-0.39, 0.29) is 0 Å². The van der Waals surface area contributed by atoms with Gasteiger partial charge in [0.05, 0.1) is 5.52 Å². The molecular weight excluding hydrogens is 286 g/mol. The molecule has 0 atom stereocenters. The molecule has 2 N–H and O–H groups in total. The van der Waals surface area contributed by atoms with Gasteiger partial charge in [-0.05, 0) is 23.8 Å². The topological polar surface area (TPSA) is 53.1 Å². The smallest absolute Gasteiger partial charge is 0.133 e. The van der Waals surface area contributed by atoms with E-state index in [1.54, 1.807) is 6.07 Å². The summed E-state index contributed by atoms with van der Waals surface area (Å²) in [4.78, 5) is 0. The minimum Gasteiger partial charge on any atom is -0.487 e. The molecular formula is C16H16ClN3O. The van der Waals surface area contributed by atoms with E-state index >= 15 is 0 Å². The zero-order valence-corrected chi connectivity index (χ0v) is 12.5. The van der Waals surface area contributed by atoms with Gasteiger partial charge in [-0.2, -0.15) is 5.10 Å². The Hall–Kier alpha value is -2.04. The molecule has 4 nitrogen and oxygen atoms in total. The summed E-state index contributed by atoms with van der Waals surface area (Å²) in [5.74, 6) is 0.715. The van der Waals surface area contributed by atoms with Crippen molar-refractivity contribution in [1.82, 2.24) is 9.78 Å². The lowest BCUT2D eigenvalue weighted by Crippen LogP contribution is -2.00. The van der Waals surface area contributed by atoms with Gasteiger partial charge in [0.25, 0.3) is 0 Å². The zero-order chi connectivity index (χ0) is 14.8. The van der Waals surface area contributed by atoms with E-state index in [4.69, 9.17) is 22.1 Å². The van der Waals surface area contributed by atoms with Crippen molar-refractivity contribution >= 4 is 22.5 Å². The lowest BCUT2D eigenvalue weighted by atomic mass is 10.2. The first-order valence-corrected chi connectivity index (χ1v) is 7.08. The lowest BCUT2D eigenvalue weighted by molar-refractivity contribution is 0.301. The van der Waals surface area contributed by atoms with E-state index in [0.29, 0.717) is 23.9 Å². The quantitative estimate of drug-likeness (QED) is 0.804. The van der Waals surface area contributed by atoms with Crippen LogP contribution in [0.15, 0.2) is 42.5 Å². The molecule has 1 aromatic heterocycles. The van der Waals surface area contributed by atoms with Crippen molar-refractivity contribution in [1.29, 1.82) is 0 Å². The summed E-state index contributed by atoms with van der Waals surface area (Å²) >= 11 is 6.13. The average molecular weight is 302 g/mol. The Balaban J connectivity index is 1.82. The fourth-order valence-electron chi connectivity index (χ4n) is 2.33. The third kappa shape index (κ3) is 2.73. The number of hydrogen-bond donors (Lipinski definition) is 1. The Bertz CT molecular complexity index is 782. The van der Waals surface area contributed by atoms with Crippen molar-refractivity contribution in [3.63, 3.8) is 0 Å². The molecule has 1 heterocycles. The van der Waals surface area contributed by atoms with Crippen molar-refractivity contribution in [2.45, 2.75) is 13.2 Å². The van der Waals surface area contributed by atoms with Crippen LogP contribution < -0.4 is 10.5 Å². The van der Waals surface area contributed by atoms with E-state index in [0.717, 1.165) is 22.2 Å². The number of aryl methyl sites for hydroxylation is 1. The van der Waals surface area contributed by atoms with Gasteiger partial charge >= 0.3 is 0 Å². The summed E-state index contributed by atoms with van der Waals surface area (Å²) in [6.45, 7) is 0.823. The van der Waals surface area contributed by atoms with Crippen LogP contribution in [0.2, 0.25) is 5.02 Å². The zero-order valence-electron chi connectivity index (χ0n) is 11.7. The third-order valence-electron chi connectivity index (χ3n) is 3.45. The second kappa shape index (κ2) is 5.76. The Morgan fingerprint density at radius 2 is 2.05 bits per heavy atom. The fraction of sp³-hybridized carbons (Fsp3) is 0.188. The van der Waals surface area contributed by atoms with Crippen LogP contribution >= 0.6 is 11.6 Å². The number of hydrogen-bond acceptors (Lipinski definition) is 3. The maximum absolute atomic E-state index is 6.13. The van der Waals surface area contributed by atoms with Gasteiger partial charge in [-0.15, -0.1) is 0 Å². The molecule has 3 rings (SSSR count). The number of nitrogens with two attached hydrogens (primary N) is 1. The monoisotopic (exact) mass is 301 g/mol. The molecule has 0 aliphatic rings. The van der Waals surface area contributed by atoms with Crippen LogP contribution in [0.4, 0.5) is 0 Å². The van der Waals surface area contributed by atoms with Crippen molar-refractivity contribution in [3.8, 4) is 5.75 Å². The predicted octanol–water partition coefficient (Wildman–Crippen LogP) is 3.26. The number of aromatic nitrogens is 2. The number of fused-ring (bicyclic) bond motifs is 1. The molecule has 3 aromatic rings. The molecule has 0 bridgehead atoms. The second-order valence-electron chi connectivity index (χ2n) is 4.83. The Kier molecular flexibility index (Phi) is 3.82. The van der Waals surface area contributed by atoms with Crippen LogP contribution in [-0.2, 0) is 20.2 Å². The average Bonchev–Trinajstić information content (AvgIpc) is 2.82. The van der Waals surface area contributed by atoms with E-state index in [1.165, 1.54) is 0 Å². The minimum atomic E-state index is 0.402. The number of nitrogens with zero attached hydrogens (tertiary/aromatic N) is 2. The third-order valence-corrected chi connectivity index (χ3v) is 3.81. The molecule has 0 radical (unpaired) electrons. The normalized spacial score (nSPS) is 11.0. The highest BCUT2D eigenvalue weighted by atomic mass is 35.5. The molecule has 5 heteroatoms. The maximum Gasteiger partial charge on any atom is 0.133 e. The summed E-state index contributed by atoms with van der Waals surface area (Å²) in [6.07, 6.45) is 0. The molecule has 2 aromatic carbocycles. The van der Waals surface area contributed by atoms with Gasteiger partial charge in [-0.1, -0.05) is 35.9 Å². The van der Waals surface area contributed by atoms with E-state index < -0.39 is 0 Å². The molecule has 0 aliphatic heterocycles. The van der Waals surface area contributed by atoms with Crippen LogP contribution in [0, 0.1) is 0 Å². The molecule has 0 unspecified atom stereocenters. The predicted molar refractivity (Wildman–Crippen MR) is 84.4 cm³/mol. The number of ether oxygens (including phenoxy) is 1.